The number of nitrogens with one attached hydrogen (secondary N) is 1. The van der Waals surface area contributed by atoms with Gasteiger partial charge in [-0.3, -0.25) is 0 Å². The molecule has 1 atom stereocenters. The van der Waals surface area contributed by atoms with Crippen LogP contribution in [0.15, 0.2) is 0 Å². The van der Waals surface area contributed by atoms with Crippen molar-refractivity contribution in [2.75, 3.05) is 13.1 Å². The third kappa shape index (κ3) is 0.698. The Morgan fingerprint density at radius 3 is 2.83 bits per heavy atom. The minimum absolute atomic E-state index is 0.310. The molecule has 1 aliphatic rings. The predicted molar refractivity (Wildman–Crippen MR) is 25.1 cm³/mol. The zero-order valence-corrected chi connectivity index (χ0v) is 3.65. The summed E-state index contributed by atoms with van der Waals surface area (Å²) in [4.78, 5) is 0. The molecule has 1 rings (SSSR count). The van der Waals surface area contributed by atoms with Gasteiger partial charge in [-0.2, -0.15) is 0 Å². The van der Waals surface area contributed by atoms with E-state index in [1.165, 1.54) is 0 Å². The first-order chi connectivity index (χ1) is 2.89. The standard InChI is InChI=1S/C4H9N2/c5-4-1-2-6-3-4/h1,4,6H,2-3,5H2. The Kier molecular flexibility index (Phi) is 1.08. The normalized spacial score (nSPS) is 34.5. The van der Waals surface area contributed by atoms with Crippen LogP contribution >= 0.6 is 0 Å². The Morgan fingerprint density at radius 2 is 2.67 bits per heavy atom. The van der Waals surface area contributed by atoms with Gasteiger partial charge >= 0.3 is 0 Å². The molecule has 3 N–H and O–H groups in total. The zero-order valence-electron chi connectivity index (χ0n) is 3.65. The fourth-order valence-corrected chi connectivity index (χ4v) is 0.568. The van der Waals surface area contributed by atoms with E-state index in [4.69, 9.17) is 5.73 Å². The molecule has 2 heteroatoms. The van der Waals surface area contributed by atoms with Crippen LogP contribution in [-0.4, -0.2) is 19.1 Å². The van der Waals surface area contributed by atoms with Crippen LogP contribution in [0.5, 0.6) is 0 Å². The molecule has 0 aromatic heterocycles. The molecule has 0 saturated carbocycles. The first-order valence-corrected chi connectivity index (χ1v) is 2.19. The Labute approximate surface area is 37.7 Å². The molecule has 0 amide bonds. The summed E-state index contributed by atoms with van der Waals surface area (Å²) >= 11 is 0. The SMILES string of the molecule is NC1[CH]CNC1. The Bertz CT molecular complexity index is 38.8. The maximum absolute atomic E-state index is 5.42. The Morgan fingerprint density at radius 1 is 1.83 bits per heavy atom. The maximum atomic E-state index is 5.42. The lowest BCUT2D eigenvalue weighted by Crippen LogP contribution is -2.22. The van der Waals surface area contributed by atoms with E-state index in [1.54, 1.807) is 0 Å². The quantitative estimate of drug-likeness (QED) is 0.401. The molecule has 0 bridgehead atoms. The van der Waals surface area contributed by atoms with Gasteiger partial charge in [0.05, 0.1) is 0 Å². The summed E-state index contributed by atoms with van der Waals surface area (Å²) in [6.45, 7) is 1.95. The van der Waals surface area contributed by atoms with Crippen LogP contribution in [0.3, 0.4) is 0 Å². The van der Waals surface area contributed by atoms with Gasteiger partial charge in [0.2, 0.25) is 0 Å². The molecular weight excluding hydrogens is 76.1 g/mol. The van der Waals surface area contributed by atoms with Crippen molar-refractivity contribution < 1.29 is 0 Å². The molecule has 1 saturated heterocycles. The van der Waals surface area contributed by atoms with Gasteiger partial charge in [-0.1, -0.05) is 0 Å². The van der Waals surface area contributed by atoms with Gasteiger partial charge in [-0.25, -0.2) is 0 Å². The minimum atomic E-state index is 0.310. The van der Waals surface area contributed by atoms with Gasteiger partial charge in [0, 0.05) is 12.6 Å². The van der Waals surface area contributed by atoms with Crippen molar-refractivity contribution >= 4 is 0 Å². The molecule has 2 nitrogen and oxygen atoms in total. The summed E-state index contributed by atoms with van der Waals surface area (Å²) in [5.41, 5.74) is 5.42. The maximum Gasteiger partial charge on any atom is 0.0209 e. The van der Waals surface area contributed by atoms with Crippen molar-refractivity contribution in [1.82, 2.24) is 5.32 Å². The predicted octanol–water partition coefficient (Wildman–Crippen LogP) is -0.879. The summed E-state index contributed by atoms with van der Waals surface area (Å²) in [5, 5.41) is 3.09. The zero-order chi connectivity index (χ0) is 4.41. The highest BCUT2D eigenvalue weighted by molar-refractivity contribution is 4.89. The van der Waals surface area contributed by atoms with Gasteiger partial charge in [-0.15, -0.1) is 0 Å². The van der Waals surface area contributed by atoms with Crippen LogP contribution < -0.4 is 11.1 Å². The number of nitrogens with two attached hydrogens (primary N) is 1. The van der Waals surface area contributed by atoms with Crippen molar-refractivity contribution in [3.63, 3.8) is 0 Å². The van der Waals surface area contributed by atoms with Gasteiger partial charge in [0.25, 0.3) is 0 Å². The van der Waals surface area contributed by atoms with Crippen molar-refractivity contribution in [3.8, 4) is 0 Å². The Hall–Kier alpha value is -0.0800. The first-order valence-electron chi connectivity index (χ1n) is 2.19. The molecular formula is C4H9N2. The van der Waals surface area contributed by atoms with E-state index in [9.17, 15) is 0 Å². The van der Waals surface area contributed by atoms with Gasteiger partial charge in [0.1, 0.15) is 0 Å². The van der Waals surface area contributed by atoms with E-state index in [0.717, 1.165) is 13.1 Å². The minimum Gasteiger partial charge on any atom is -0.326 e. The lowest BCUT2D eigenvalue weighted by atomic mass is 10.3. The summed E-state index contributed by atoms with van der Waals surface area (Å²) in [7, 11) is 0. The highest BCUT2D eigenvalue weighted by atomic mass is 14.9. The van der Waals surface area contributed by atoms with Crippen LogP contribution in [-0.2, 0) is 0 Å². The fourth-order valence-electron chi connectivity index (χ4n) is 0.568. The number of hydrogen-bond acceptors (Lipinski definition) is 2. The average Bonchev–Trinajstić information content (AvgIpc) is 1.86. The van der Waals surface area contributed by atoms with Crippen LogP contribution in [0.1, 0.15) is 0 Å². The number of rotatable bonds is 0. The number of hydrogen-bond donors (Lipinski definition) is 2. The second-order valence-corrected chi connectivity index (χ2v) is 1.56. The van der Waals surface area contributed by atoms with Crippen LogP contribution in [0, 0.1) is 6.42 Å². The smallest absolute Gasteiger partial charge is 0.0209 e. The second kappa shape index (κ2) is 1.58. The van der Waals surface area contributed by atoms with E-state index < -0.39 is 0 Å². The van der Waals surface area contributed by atoms with E-state index in [1.807, 2.05) is 0 Å². The van der Waals surface area contributed by atoms with Gasteiger partial charge < -0.3 is 11.1 Å². The first kappa shape index (κ1) is 4.09. The monoisotopic (exact) mass is 85.1 g/mol. The van der Waals surface area contributed by atoms with E-state index >= 15 is 0 Å². The molecule has 0 aliphatic carbocycles. The van der Waals surface area contributed by atoms with Crippen LogP contribution in [0.4, 0.5) is 0 Å². The van der Waals surface area contributed by atoms with Gasteiger partial charge in [0.15, 0.2) is 0 Å². The largest absolute Gasteiger partial charge is 0.326 e. The molecule has 1 radical (unpaired) electrons. The molecule has 0 aromatic carbocycles. The molecule has 1 heterocycles. The summed E-state index contributed by atoms with van der Waals surface area (Å²) in [5.74, 6) is 0. The average molecular weight is 85.1 g/mol. The molecule has 1 unspecified atom stereocenters. The molecule has 35 valence electrons. The topological polar surface area (TPSA) is 38.0 Å². The summed E-state index contributed by atoms with van der Waals surface area (Å²) in [6, 6.07) is 0.310. The van der Waals surface area contributed by atoms with Crippen LogP contribution in [0.2, 0.25) is 0 Å². The molecule has 0 spiro atoms. The third-order valence-corrected chi connectivity index (χ3v) is 0.945. The molecule has 6 heavy (non-hydrogen) atoms. The molecule has 1 aliphatic heterocycles. The highest BCUT2D eigenvalue weighted by Crippen LogP contribution is 1.88. The Balaban J connectivity index is 2.18. The molecule has 1 fully saturated rings. The van der Waals surface area contributed by atoms with E-state index in [-0.39, 0.29) is 0 Å². The van der Waals surface area contributed by atoms with Crippen molar-refractivity contribution in [2.24, 2.45) is 5.73 Å². The summed E-state index contributed by atoms with van der Waals surface area (Å²) < 4.78 is 0. The lowest BCUT2D eigenvalue weighted by Gasteiger charge is -1.91. The van der Waals surface area contributed by atoms with E-state index in [0.29, 0.717) is 6.04 Å². The van der Waals surface area contributed by atoms with E-state index in [2.05, 4.69) is 11.7 Å². The highest BCUT2D eigenvalue weighted by Gasteiger charge is 2.06. The third-order valence-electron chi connectivity index (χ3n) is 0.945. The fraction of sp³-hybridized carbons (Fsp3) is 0.750. The van der Waals surface area contributed by atoms with Crippen molar-refractivity contribution in [1.29, 1.82) is 0 Å². The second-order valence-electron chi connectivity index (χ2n) is 1.56. The lowest BCUT2D eigenvalue weighted by molar-refractivity contribution is 0.784. The molecule has 0 aromatic rings. The van der Waals surface area contributed by atoms with Crippen molar-refractivity contribution in [3.05, 3.63) is 6.42 Å². The van der Waals surface area contributed by atoms with Crippen molar-refractivity contribution in [2.45, 2.75) is 6.04 Å². The van der Waals surface area contributed by atoms with Gasteiger partial charge in [-0.05, 0) is 13.0 Å². The summed E-state index contributed by atoms with van der Waals surface area (Å²) in [6.07, 6.45) is 2.07. The van der Waals surface area contributed by atoms with Crippen LogP contribution in [0.25, 0.3) is 0 Å².